The molecule has 1 unspecified atom stereocenters. The molecule has 0 spiro atoms. The highest BCUT2D eigenvalue weighted by Crippen LogP contribution is 2.29. The molecule has 1 amide bonds. The van der Waals surface area contributed by atoms with Crippen LogP contribution in [0.3, 0.4) is 0 Å². The van der Waals surface area contributed by atoms with Crippen LogP contribution in [0.5, 0.6) is 5.75 Å². The van der Waals surface area contributed by atoms with E-state index in [0.717, 1.165) is 29.7 Å². The Bertz CT molecular complexity index is 689. The Hall–Kier alpha value is -2.18. The molecule has 1 atom stereocenters. The van der Waals surface area contributed by atoms with Crippen LogP contribution in [0.2, 0.25) is 0 Å². The summed E-state index contributed by atoms with van der Waals surface area (Å²) >= 11 is 0. The molecule has 22 heavy (non-hydrogen) atoms. The van der Waals surface area contributed by atoms with Gasteiger partial charge >= 0.3 is 0 Å². The van der Waals surface area contributed by atoms with Crippen molar-refractivity contribution in [3.63, 3.8) is 0 Å². The fourth-order valence-corrected chi connectivity index (χ4v) is 2.74. The number of likely N-dealkylation sites (N-methyl/N-ethyl adjacent to an activating group) is 1. The third-order valence-electron chi connectivity index (χ3n) is 4.02. The van der Waals surface area contributed by atoms with Crippen molar-refractivity contribution in [3.05, 3.63) is 30.5 Å². The van der Waals surface area contributed by atoms with Crippen LogP contribution in [-0.4, -0.2) is 55.6 Å². The van der Waals surface area contributed by atoms with Gasteiger partial charge in [0.25, 0.3) is 0 Å². The van der Waals surface area contributed by atoms with Crippen LogP contribution in [0.25, 0.3) is 10.9 Å². The van der Waals surface area contributed by atoms with Crippen LogP contribution in [0.1, 0.15) is 0 Å². The van der Waals surface area contributed by atoms with Crippen LogP contribution in [0.4, 0.5) is 5.69 Å². The van der Waals surface area contributed by atoms with E-state index < -0.39 is 0 Å². The molecule has 1 aliphatic heterocycles. The van der Waals surface area contributed by atoms with Crippen molar-refractivity contribution in [2.75, 3.05) is 39.1 Å². The first-order chi connectivity index (χ1) is 10.7. The Morgan fingerprint density at radius 1 is 1.45 bits per heavy atom. The highest BCUT2D eigenvalue weighted by molar-refractivity contribution is 6.04. The summed E-state index contributed by atoms with van der Waals surface area (Å²) < 4.78 is 5.33. The first kappa shape index (κ1) is 14.7. The van der Waals surface area contributed by atoms with E-state index in [1.165, 1.54) is 0 Å². The van der Waals surface area contributed by atoms with Crippen molar-refractivity contribution < 1.29 is 9.53 Å². The third kappa shape index (κ3) is 2.75. The molecule has 0 bridgehead atoms. The Morgan fingerprint density at radius 2 is 2.32 bits per heavy atom. The van der Waals surface area contributed by atoms with Gasteiger partial charge in [-0.05, 0) is 31.3 Å². The summed E-state index contributed by atoms with van der Waals surface area (Å²) in [7, 11) is 3.59. The standard InChI is InChI=1S/C16H20N4O2/c1-20-9-8-17-10-13(20)16(21)19-12-5-6-14(22-2)15-11(12)4-3-7-18-15/h3-7,13,17H,8-10H2,1-2H3,(H,19,21). The molecule has 6 nitrogen and oxygen atoms in total. The number of nitrogens with zero attached hydrogens (tertiary/aromatic N) is 2. The fourth-order valence-electron chi connectivity index (χ4n) is 2.74. The molecule has 2 aromatic rings. The molecular formula is C16H20N4O2. The van der Waals surface area contributed by atoms with E-state index in [2.05, 4.69) is 20.5 Å². The summed E-state index contributed by atoms with van der Waals surface area (Å²) in [6.07, 6.45) is 1.72. The van der Waals surface area contributed by atoms with Crippen molar-refractivity contribution in [3.8, 4) is 5.75 Å². The molecule has 0 aliphatic carbocycles. The van der Waals surface area contributed by atoms with Crippen molar-refractivity contribution >= 4 is 22.5 Å². The SMILES string of the molecule is COc1ccc(NC(=O)C2CNCCN2C)c2cccnc12. The summed E-state index contributed by atoms with van der Waals surface area (Å²) in [5.41, 5.74) is 1.51. The van der Waals surface area contributed by atoms with Gasteiger partial charge in [-0.2, -0.15) is 0 Å². The Labute approximate surface area is 129 Å². The van der Waals surface area contributed by atoms with Gasteiger partial charge < -0.3 is 15.4 Å². The Balaban J connectivity index is 1.89. The highest BCUT2D eigenvalue weighted by atomic mass is 16.5. The van der Waals surface area contributed by atoms with E-state index in [-0.39, 0.29) is 11.9 Å². The van der Waals surface area contributed by atoms with Crippen LogP contribution >= 0.6 is 0 Å². The predicted octanol–water partition coefficient (Wildman–Crippen LogP) is 1.09. The van der Waals surface area contributed by atoms with Crippen molar-refractivity contribution in [1.29, 1.82) is 0 Å². The van der Waals surface area contributed by atoms with E-state index in [9.17, 15) is 4.79 Å². The lowest BCUT2D eigenvalue weighted by Crippen LogP contribution is -2.54. The quantitative estimate of drug-likeness (QED) is 0.888. The number of aromatic nitrogens is 1. The van der Waals surface area contributed by atoms with E-state index in [1.807, 2.05) is 31.3 Å². The fraction of sp³-hybridized carbons (Fsp3) is 0.375. The summed E-state index contributed by atoms with van der Waals surface area (Å²) in [6.45, 7) is 2.44. The second kappa shape index (κ2) is 6.29. The first-order valence-corrected chi connectivity index (χ1v) is 7.34. The number of carbonyl (C=O) groups is 1. The van der Waals surface area contributed by atoms with Gasteiger partial charge in [-0.1, -0.05) is 0 Å². The summed E-state index contributed by atoms with van der Waals surface area (Å²) in [5.74, 6) is 0.690. The molecule has 1 aromatic heterocycles. The molecule has 0 saturated carbocycles. The molecule has 1 saturated heterocycles. The van der Waals surface area contributed by atoms with Crippen LogP contribution in [0, 0.1) is 0 Å². The molecule has 2 N–H and O–H groups in total. The van der Waals surface area contributed by atoms with Crippen LogP contribution in [0.15, 0.2) is 30.5 Å². The number of ether oxygens (including phenoxy) is 1. The largest absolute Gasteiger partial charge is 0.494 e. The van der Waals surface area contributed by atoms with Gasteiger partial charge in [-0.25, -0.2) is 0 Å². The van der Waals surface area contributed by atoms with Gasteiger partial charge in [0.05, 0.1) is 12.8 Å². The van der Waals surface area contributed by atoms with Crippen molar-refractivity contribution in [1.82, 2.24) is 15.2 Å². The van der Waals surface area contributed by atoms with E-state index in [1.54, 1.807) is 13.3 Å². The lowest BCUT2D eigenvalue weighted by molar-refractivity contribution is -0.121. The third-order valence-corrected chi connectivity index (χ3v) is 4.02. The lowest BCUT2D eigenvalue weighted by Gasteiger charge is -2.31. The summed E-state index contributed by atoms with van der Waals surface area (Å²) in [5, 5.41) is 7.15. The van der Waals surface area contributed by atoms with Gasteiger partial charge in [0.15, 0.2) is 0 Å². The number of anilines is 1. The molecule has 1 aliphatic rings. The average Bonchev–Trinajstić information content (AvgIpc) is 2.55. The smallest absolute Gasteiger partial charge is 0.243 e. The van der Waals surface area contributed by atoms with Gasteiger partial charge in [-0.3, -0.25) is 14.7 Å². The zero-order chi connectivity index (χ0) is 15.5. The lowest BCUT2D eigenvalue weighted by atomic mass is 10.1. The number of nitrogens with one attached hydrogen (secondary N) is 2. The highest BCUT2D eigenvalue weighted by Gasteiger charge is 2.26. The maximum atomic E-state index is 12.5. The zero-order valence-electron chi connectivity index (χ0n) is 12.8. The van der Waals surface area contributed by atoms with Gasteiger partial charge in [0.2, 0.25) is 5.91 Å². The Kier molecular flexibility index (Phi) is 4.22. The van der Waals surface area contributed by atoms with E-state index >= 15 is 0 Å². The summed E-state index contributed by atoms with van der Waals surface area (Å²) in [4.78, 5) is 18.9. The molecule has 6 heteroatoms. The number of amides is 1. The second-order valence-corrected chi connectivity index (χ2v) is 5.40. The number of piperazine rings is 1. The van der Waals surface area contributed by atoms with E-state index in [0.29, 0.717) is 12.3 Å². The maximum absolute atomic E-state index is 12.5. The molecule has 1 fully saturated rings. The average molecular weight is 300 g/mol. The molecule has 1 aromatic carbocycles. The monoisotopic (exact) mass is 300 g/mol. The minimum absolute atomic E-state index is 0.00924. The van der Waals surface area contributed by atoms with Gasteiger partial charge in [-0.15, -0.1) is 0 Å². The molecule has 116 valence electrons. The molecule has 0 radical (unpaired) electrons. The minimum Gasteiger partial charge on any atom is -0.494 e. The summed E-state index contributed by atoms with van der Waals surface area (Å²) in [6, 6.07) is 7.31. The normalized spacial score (nSPS) is 19.1. The van der Waals surface area contributed by atoms with Gasteiger partial charge in [0.1, 0.15) is 17.3 Å². The number of pyridine rings is 1. The Morgan fingerprint density at radius 3 is 3.09 bits per heavy atom. The number of rotatable bonds is 3. The number of hydrogen-bond donors (Lipinski definition) is 2. The number of methoxy groups -OCH3 is 1. The molecule has 2 heterocycles. The topological polar surface area (TPSA) is 66.5 Å². The number of hydrogen-bond acceptors (Lipinski definition) is 5. The maximum Gasteiger partial charge on any atom is 0.243 e. The first-order valence-electron chi connectivity index (χ1n) is 7.34. The predicted molar refractivity (Wildman–Crippen MR) is 86.2 cm³/mol. The van der Waals surface area contributed by atoms with Crippen LogP contribution in [-0.2, 0) is 4.79 Å². The molecular weight excluding hydrogens is 280 g/mol. The number of benzene rings is 1. The van der Waals surface area contributed by atoms with Crippen LogP contribution < -0.4 is 15.4 Å². The van der Waals surface area contributed by atoms with Crippen molar-refractivity contribution in [2.45, 2.75) is 6.04 Å². The molecule has 3 rings (SSSR count). The minimum atomic E-state index is -0.164. The van der Waals surface area contributed by atoms with E-state index in [4.69, 9.17) is 4.74 Å². The zero-order valence-corrected chi connectivity index (χ0v) is 12.8. The number of carbonyl (C=O) groups excluding carboxylic acids is 1. The van der Waals surface area contributed by atoms with Gasteiger partial charge in [0, 0.05) is 31.2 Å². The number of fused-ring (bicyclic) bond motifs is 1. The second-order valence-electron chi connectivity index (χ2n) is 5.40. The van der Waals surface area contributed by atoms with Crippen molar-refractivity contribution in [2.24, 2.45) is 0 Å².